The van der Waals surface area contributed by atoms with Crippen molar-refractivity contribution in [1.82, 2.24) is 5.32 Å². The highest BCUT2D eigenvalue weighted by atomic mass is 16.5. The maximum absolute atomic E-state index is 11.7. The van der Waals surface area contributed by atoms with Gasteiger partial charge in [0.05, 0.1) is 24.5 Å². The van der Waals surface area contributed by atoms with E-state index >= 15 is 0 Å². The number of hydrogen-bond donors (Lipinski definition) is 3. The van der Waals surface area contributed by atoms with Gasteiger partial charge < -0.3 is 20.9 Å². The molecule has 0 saturated carbocycles. The summed E-state index contributed by atoms with van der Waals surface area (Å²) in [5.41, 5.74) is 6.40. The molecular formula is C11H16N2O3. The monoisotopic (exact) mass is 224 g/mol. The van der Waals surface area contributed by atoms with Crippen molar-refractivity contribution in [3.05, 3.63) is 23.8 Å². The molecule has 0 unspecified atom stereocenters. The molecule has 0 aliphatic carbocycles. The van der Waals surface area contributed by atoms with E-state index in [2.05, 4.69) is 5.32 Å². The van der Waals surface area contributed by atoms with Crippen molar-refractivity contribution in [2.24, 2.45) is 0 Å². The molecule has 88 valence electrons. The van der Waals surface area contributed by atoms with Crippen LogP contribution in [0.1, 0.15) is 17.3 Å². The predicted octanol–water partition coefficient (Wildman–Crippen LogP) is 0.388. The third-order valence-corrected chi connectivity index (χ3v) is 2.09. The molecule has 1 aromatic rings. The highest BCUT2D eigenvalue weighted by Gasteiger charge is 2.12. The summed E-state index contributed by atoms with van der Waals surface area (Å²) in [6, 6.07) is 4.97. The van der Waals surface area contributed by atoms with E-state index in [0.29, 0.717) is 17.0 Å². The maximum atomic E-state index is 11.7. The van der Waals surface area contributed by atoms with E-state index in [4.69, 9.17) is 15.6 Å². The Hall–Kier alpha value is -1.75. The zero-order chi connectivity index (χ0) is 12.1. The molecular weight excluding hydrogens is 208 g/mol. The highest BCUT2D eigenvalue weighted by molar-refractivity contribution is 6.00. The van der Waals surface area contributed by atoms with Gasteiger partial charge in [-0.1, -0.05) is 6.07 Å². The molecule has 0 aromatic heterocycles. The third-order valence-electron chi connectivity index (χ3n) is 2.09. The van der Waals surface area contributed by atoms with Crippen LogP contribution < -0.4 is 15.8 Å². The Morgan fingerprint density at radius 3 is 2.88 bits per heavy atom. The topological polar surface area (TPSA) is 84.6 Å². The second-order valence-electron chi connectivity index (χ2n) is 3.48. The largest absolute Gasteiger partial charge is 0.495 e. The molecule has 5 heteroatoms. The fourth-order valence-corrected chi connectivity index (χ4v) is 1.26. The van der Waals surface area contributed by atoms with Crippen molar-refractivity contribution >= 4 is 11.6 Å². The van der Waals surface area contributed by atoms with Gasteiger partial charge in [-0.3, -0.25) is 4.79 Å². The van der Waals surface area contributed by atoms with Crippen LogP contribution in [0, 0.1) is 0 Å². The molecule has 1 aromatic carbocycles. The number of aliphatic hydroxyl groups is 1. The number of methoxy groups -OCH3 is 1. The van der Waals surface area contributed by atoms with E-state index in [1.54, 1.807) is 25.1 Å². The highest BCUT2D eigenvalue weighted by Crippen LogP contribution is 2.24. The molecule has 16 heavy (non-hydrogen) atoms. The van der Waals surface area contributed by atoms with Gasteiger partial charge in [-0.15, -0.1) is 0 Å². The summed E-state index contributed by atoms with van der Waals surface area (Å²) in [6.07, 6.45) is -0.587. The Balaban J connectivity index is 2.83. The zero-order valence-electron chi connectivity index (χ0n) is 9.36. The number of ether oxygens (including phenoxy) is 1. The molecule has 4 N–H and O–H groups in total. The van der Waals surface area contributed by atoms with Crippen LogP contribution in [0.4, 0.5) is 5.69 Å². The van der Waals surface area contributed by atoms with Gasteiger partial charge in [0, 0.05) is 6.54 Å². The number of carbonyl (C=O) groups is 1. The molecule has 1 rings (SSSR count). The van der Waals surface area contributed by atoms with Gasteiger partial charge in [0.25, 0.3) is 5.91 Å². The molecule has 0 radical (unpaired) electrons. The van der Waals surface area contributed by atoms with E-state index in [1.165, 1.54) is 7.11 Å². The van der Waals surface area contributed by atoms with Crippen LogP contribution in [0.2, 0.25) is 0 Å². The molecule has 0 fully saturated rings. The van der Waals surface area contributed by atoms with Crippen LogP contribution in [0.3, 0.4) is 0 Å². The van der Waals surface area contributed by atoms with Crippen molar-refractivity contribution in [3.8, 4) is 5.75 Å². The lowest BCUT2D eigenvalue weighted by Gasteiger charge is -2.11. The predicted molar refractivity (Wildman–Crippen MR) is 61.4 cm³/mol. The average Bonchev–Trinajstić information content (AvgIpc) is 2.26. The molecule has 5 nitrogen and oxygen atoms in total. The minimum Gasteiger partial charge on any atom is -0.495 e. The van der Waals surface area contributed by atoms with Gasteiger partial charge in [0.1, 0.15) is 5.75 Å². The minimum absolute atomic E-state index is 0.190. The maximum Gasteiger partial charge on any atom is 0.253 e. The first-order valence-electron chi connectivity index (χ1n) is 4.95. The molecule has 0 heterocycles. The number of aliphatic hydroxyl groups excluding tert-OH is 1. The van der Waals surface area contributed by atoms with Crippen molar-refractivity contribution in [2.45, 2.75) is 13.0 Å². The van der Waals surface area contributed by atoms with Crippen LogP contribution in [0.5, 0.6) is 5.75 Å². The fourth-order valence-electron chi connectivity index (χ4n) is 1.26. The fraction of sp³-hybridized carbons (Fsp3) is 0.364. The molecule has 0 saturated heterocycles. The molecule has 1 atom stereocenters. The SMILES string of the molecule is COc1cccc(C(=O)NC[C@@H](C)O)c1N. The van der Waals surface area contributed by atoms with E-state index in [0.717, 1.165) is 0 Å². The summed E-state index contributed by atoms with van der Waals surface area (Å²) < 4.78 is 5.01. The van der Waals surface area contributed by atoms with Crippen LogP contribution in [-0.4, -0.2) is 30.8 Å². The first-order chi connectivity index (χ1) is 7.56. The van der Waals surface area contributed by atoms with Gasteiger partial charge >= 0.3 is 0 Å². The Labute approximate surface area is 94.2 Å². The Morgan fingerprint density at radius 1 is 1.62 bits per heavy atom. The number of anilines is 1. The second-order valence-corrected chi connectivity index (χ2v) is 3.48. The summed E-state index contributed by atoms with van der Waals surface area (Å²) in [6.45, 7) is 1.78. The van der Waals surface area contributed by atoms with E-state index in [-0.39, 0.29) is 12.5 Å². The lowest BCUT2D eigenvalue weighted by Crippen LogP contribution is -2.31. The first-order valence-corrected chi connectivity index (χ1v) is 4.95. The Kier molecular flexibility index (Phi) is 4.13. The van der Waals surface area contributed by atoms with Crippen LogP contribution in [0.25, 0.3) is 0 Å². The van der Waals surface area contributed by atoms with Crippen molar-refractivity contribution in [1.29, 1.82) is 0 Å². The van der Waals surface area contributed by atoms with Gasteiger partial charge in [0.2, 0.25) is 0 Å². The van der Waals surface area contributed by atoms with E-state index in [1.807, 2.05) is 0 Å². The van der Waals surface area contributed by atoms with Crippen molar-refractivity contribution < 1.29 is 14.6 Å². The van der Waals surface area contributed by atoms with E-state index < -0.39 is 6.10 Å². The van der Waals surface area contributed by atoms with Crippen LogP contribution in [0.15, 0.2) is 18.2 Å². The Bertz CT molecular complexity index is 377. The number of nitrogens with two attached hydrogens (primary N) is 1. The number of para-hydroxylation sites is 1. The summed E-state index contributed by atoms with van der Waals surface area (Å²) in [7, 11) is 1.49. The van der Waals surface area contributed by atoms with E-state index in [9.17, 15) is 4.79 Å². The van der Waals surface area contributed by atoms with Crippen LogP contribution >= 0.6 is 0 Å². The first kappa shape index (κ1) is 12.3. The summed E-state index contributed by atoms with van der Waals surface area (Å²) >= 11 is 0. The quantitative estimate of drug-likeness (QED) is 0.646. The van der Waals surface area contributed by atoms with Crippen molar-refractivity contribution in [3.63, 3.8) is 0 Å². The summed E-state index contributed by atoms with van der Waals surface area (Å²) in [5, 5.41) is 11.6. The normalized spacial score (nSPS) is 11.9. The number of rotatable bonds is 4. The van der Waals surface area contributed by atoms with Crippen LogP contribution in [-0.2, 0) is 0 Å². The third kappa shape index (κ3) is 2.87. The Morgan fingerprint density at radius 2 is 2.31 bits per heavy atom. The lowest BCUT2D eigenvalue weighted by atomic mass is 10.1. The summed E-state index contributed by atoms with van der Waals surface area (Å²) in [4.78, 5) is 11.7. The summed E-state index contributed by atoms with van der Waals surface area (Å²) in [5.74, 6) is 0.141. The number of hydrogen-bond acceptors (Lipinski definition) is 4. The number of benzene rings is 1. The number of carbonyl (C=O) groups excluding carboxylic acids is 1. The molecule has 0 bridgehead atoms. The van der Waals surface area contributed by atoms with Gasteiger partial charge in [-0.25, -0.2) is 0 Å². The average molecular weight is 224 g/mol. The lowest BCUT2D eigenvalue weighted by molar-refractivity contribution is 0.0924. The van der Waals surface area contributed by atoms with Crippen molar-refractivity contribution in [2.75, 3.05) is 19.4 Å². The van der Waals surface area contributed by atoms with Gasteiger partial charge in [-0.05, 0) is 19.1 Å². The molecule has 0 aliphatic heterocycles. The zero-order valence-corrected chi connectivity index (χ0v) is 9.36. The second kappa shape index (κ2) is 5.37. The number of nitrogens with one attached hydrogen (secondary N) is 1. The minimum atomic E-state index is -0.587. The smallest absolute Gasteiger partial charge is 0.253 e. The molecule has 0 spiro atoms. The standard InChI is InChI=1S/C11H16N2O3/c1-7(14)6-13-11(15)8-4-3-5-9(16-2)10(8)12/h3-5,7,14H,6,12H2,1-2H3,(H,13,15)/t7-/m1/s1. The number of nitrogen functional groups attached to an aromatic ring is 1. The molecule has 0 aliphatic rings. The van der Waals surface area contributed by atoms with Gasteiger partial charge in [0.15, 0.2) is 0 Å². The molecule has 1 amide bonds. The van der Waals surface area contributed by atoms with Gasteiger partial charge in [-0.2, -0.15) is 0 Å². The number of amides is 1.